The summed E-state index contributed by atoms with van der Waals surface area (Å²) in [4.78, 5) is 6.13. The Morgan fingerprint density at radius 2 is 2.00 bits per heavy atom. The molecule has 0 saturated carbocycles. The first-order valence-corrected chi connectivity index (χ1v) is 4.24. The van der Waals surface area contributed by atoms with Crippen LogP contribution >= 0.6 is 0 Å². The molecule has 12 heavy (non-hydrogen) atoms. The van der Waals surface area contributed by atoms with E-state index in [0.717, 1.165) is 0 Å². The highest BCUT2D eigenvalue weighted by atomic mass is 15.2. The molecule has 0 spiro atoms. The zero-order valence-corrected chi connectivity index (χ0v) is 8.28. The smallest absolute Gasteiger partial charge is 0.107 e. The second kappa shape index (κ2) is 5.59. The fourth-order valence-electron chi connectivity index (χ4n) is 0.657. The molecular weight excluding hydrogens is 150 g/mol. The predicted octanol–water partition coefficient (Wildman–Crippen LogP) is 1.66. The van der Waals surface area contributed by atoms with Gasteiger partial charge in [-0.25, -0.2) is 0 Å². The van der Waals surface area contributed by atoms with Crippen molar-refractivity contribution in [3.63, 3.8) is 0 Å². The van der Waals surface area contributed by atoms with Gasteiger partial charge in [0.2, 0.25) is 0 Å². The summed E-state index contributed by atoms with van der Waals surface area (Å²) in [6.45, 7) is 8.53. The van der Waals surface area contributed by atoms with E-state index in [1.54, 1.807) is 6.34 Å². The number of hydrogen-bond acceptors (Lipinski definition) is 2. The molecule has 0 aliphatic heterocycles. The van der Waals surface area contributed by atoms with Crippen LogP contribution in [0.1, 0.15) is 27.7 Å². The van der Waals surface area contributed by atoms with Crippen LogP contribution in [-0.2, 0) is 0 Å². The average molecular weight is 167 g/mol. The molecule has 0 unspecified atom stereocenters. The monoisotopic (exact) mass is 167 g/mol. The number of rotatable bonds is 4. The normalized spacial score (nSPS) is 11.1. The van der Waals surface area contributed by atoms with E-state index in [2.05, 4.69) is 11.1 Å². The van der Waals surface area contributed by atoms with Gasteiger partial charge in [0.05, 0.1) is 12.4 Å². The van der Waals surface area contributed by atoms with E-state index in [1.165, 1.54) is 0 Å². The molecule has 0 aromatic heterocycles. The van der Waals surface area contributed by atoms with Gasteiger partial charge in [0.25, 0.3) is 0 Å². The number of nitriles is 1. The third kappa shape index (κ3) is 4.73. The van der Waals surface area contributed by atoms with E-state index < -0.39 is 0 Å². The molecule has 68 valence electrons. The van der Waals surface area contributed by atoms with Crippen LogP contribution in [0.25, 0.3) is 0 Å². The van der Waals surface area contributed by atoms with Crippen molar-refractivity contribution < 1.29 is 0 Å². The topological polar surface area (TPSA) is 39.4 Å². The van der Waals surface area contributed by atoms with Crippen molar-refractivity contribution in [2.75, 3.05) is 6.54 Å². The molecule has 0 atom stereocenters. The Bertz CT molecular complexity index is 177. The van der Waals surface area contributed by atoms with Gasteiger partial charge in [0.1, 0.15) is 6.54 Å². The Hall–Kier alpha value is -1.04. The molecule has 0 aliphatic rings. The maximum absolute atomic E-state index is 8.50. The zero-order valence-electron chi connectivity index (χ0n) is 8.28. The first-order valence-electron chi connectivity index (χ1n) is 4.24. The van der Waals surface area contributed by atoms with Crippen LogP contribution in [0.4, 0.5) is 0 Å². The molecular formula is C9H17N3. The molecule has 0 aliphatic carbocycles. The largest absolute Gasteiger partial charge is 0.347 e. The molecule has 3 nitrogen and oxygen atoms in total. The molecule has 0 heterocycles. The Balaban J connectivity index is 4.05. The molecule has 0 aromatic carbocycles. The molecule has 0 radical (unpaired) electrons. The minimum absolute atomic E-state index is 0.296. The van der Waals surface area contributed by atoms with E-state index in [0.29, 0.717) is 18.6 Å². The number of aliphatic imine (C=N–C) groups is 1. The molecule has 0 amide bonds. The van der Waals surface area contributed by atoms with Crippen LogP contribution in [0.5, 0.6) is 0 Å². The highest BCUT2D eigenvalue weighted by Gasteiger charge is 2.02. The third-order valence-corrected chi connectivity index (χ3v) is 1.43. The molecule has 0 rings (SSSR count). The highest BCUT2D eigenvalue weighted by Crippen LogP contribution is 1.94. The summed E-state index contributed by atoms with van der Waals surface area (Å²) in [5.41, 5.74) is 0. The average Bonchev–Trinajstić information content (AvgIpc) is 1.96. The maximum atomic E-state index is 8.50. The van der Waals surface area contributed by atoms with Crippen molar-refractivity contribution in [3.8, 4) is 6.07 Å². The fraction of sp³-hybridized carbons (Fsp3) is 0.778. The van der Waals surface area contributed by atoms with Gasteiger partial charge >= 0.3 is 0 Å². The molecule has 3 heteroatoms. The molecule has 0 bridgehead atoms. The van der Waals surface area contributed by atoms with Gasteiger partial charge in [-0.05, 0) is 27.7 Å². The lowest BCUT2D eigenvalue weighted by Gasteiger charge is -2.20. The van der Waals surface area contributed by atoms with Gasteiger partial charge in [-0.3, -0.25) is 4.99 Å². The highest BCUT2D eigenvalue weighted by molar-refractivity contribution is 5.56. The summed E-state index contributed by atoms with van der Waals surface area (Å²) in [5, 5.41) is 8.50. The minimum Gasteiger partial charge on any atom is -0.347 e. The van der Waals surface area contributed by atoms with Crippen molar-refractivity contribution in [2.45, 2.75) is 39.8 Å². The van der Waals surface area contributed by atoms with Crippen LogP contribution < -0.4 is 0 Å². The lowest BCUT2D eigenvalue weighted by atomic mass is 10.3. The van der Waals surface area contributed by atoms with Crippen molar-refractivity contribution in [1.29, 1.82) is 5.26 Å². The summed E-state index contributed by atoms with van der Waals surface area (Å²) in [5.74, 6) is 0. The number of nitrogens with zero attached hydrogens (tertiary/aromatic N) is 3. The second-order valence-corrected chi connectivity index (χ2v) is 3.28. The molecule has 0 N–H and O–H groups in total. The van der Waals surface area contributed by atoms with Crippen LogP contribution in [-0.4, -0.2) is 29.9 Å². The summed E-state index contributed by atoms with van der Waals surface area (Å²) in [6.07, 6.45) is 1.76. The quantitative estimate of drug-likeness (QED) is 0.363. The first kappa shape index (κ1) is 11.0. The van der Waals surface area contributed by atoms with Gasteiger partial charge in [0, 0.05) is 12.1 Å². The Morgan fingerprint density at radius 1 is 1.42 bits per heavy atom. The SMILES string of the molecule is CC(C)/N=C\N(CC#N)C(C)C. The second-order valence-electron chi connectivity index (χ2n) is 3.28. The molecule has 0 aromatic rings. The van der Waals surface area contributed by atoms with Crippen LogP contribution in [0.15, 0.2) is 4.99 Å². The van der Waals surface area contributed by atoms with Crippen LogP contribution in [0.2, 0.25) is 0 Å². The van der Waals surface area contributed by atoms with E-state index >= 15 is 0 Å². The van der Waals surface area contributed by atoms with E-state index in [1.807, 2.05) is 32.6 Å². The van der Waals surface area contributed by atoms with Gasteiger partial charge < -0.3 is 4.90 Å². The summed E-state index contributed by atoms with van der Waals surface area (Å²) >= 11 is 0. The van der Waals surface area contributed by atoms with Crippen LogP contribution in [0.3, 0.4) is 0 Å². The zero-order chi connectivity index (χ0) is 9.56. The number of hydrogen-bond donors (Lipinski definition) is 0. The van der Waals surface area contributed by atoms with Crippen LogP contribution in [0, 0.1) is 11.3 Å². The summed E-state index contributed by atoms with van der Waals surface area (Å²) < 4.78 is 0. The molecule has 0 fully saturated rings. The summed E-state index contributed by atoms with van der Waals surface area (Å²) in [6, 6.07) is 2.74. The molecule has 0 saturated heterocycles. The fourth-order valence-corrected chi connectivity index (χ4v) is 0.657. The lowest BCUT2D eigenvalue weighted by Crippen LogP contribution is -2.30. The van der Waals surface area contributed by atoms with Gasteiger partial charge in [-0.1, -0.05) is 0 Å². The summed E-state index contributed by atoms with van der Waals surface area (Å²) in [7, 11) is 0. The first-order chi connectivity index (χ1) is 5.57. The lowest BCUT2D eigenvalue weighted by molar-refractivity contribution is 0.396. The predicted molar refractivity (Wildman–Crippen MR) is 51.1 cm³/mol. The van der Waals surface area contributed by atoms with Crippen molar-refractivity contribution in [2.24, 2.45) is 4.99 Å². The standard InChI is InChI=1S/C9H17N3/c1-8(2)11-7-12(6-5-10)9(3)4/h7-9H,6H2,1-4H3/b11-7-. The Morgan fingerprint density at radius 3 is 2.33 bits per heavy atom. The van der Waals surface area contributed by atoms with E-state index in [4.69, 9.17) is 5.26 Å². The van der Waals surface area contributed by atoms with E-state index in [9.17, 15) is 0 Å². The van der Waals surface area contributed by atoms with Crippen molar-refractivity contribution in [1.82, 2.24) is 4.90 Å². The minimum atomic E-state index is 0.296. The van der Waals surface area contributed by atoms with Gasteiger partial charge in [-0.2, -0.15) is 5.26 Å². The van der Waals surface area contributed by atoms with E-state index in [-0.39, 0.29) is 0 Å². The third-order valence-electron chi connectivity index (χ3n) is 1.43. The van der Waals surface area contributed by atoms with Gasteiger partial charge in [-0.15, -0.1) is 0 Å². The Kier molecular flexibility index (Phi) is 5.11. The van der Waals surface area contributed by atoms with Crippen molar-refractivity contribution in [3.05, 3.63) is 0 Å². The van der Waals surface area contributed by atoms with Crippen molar-refractivity contribution >= 4 is 6.34 Å². The van der Waals surface area contributed by atoms with Gasteiger partial charge in [0.15, 0.2) is 0 Å². The maximum Gasteiger partial charge on any atom is 0.107 e. The Labute approximate surface area is 74.7 Å².